The number of ether oxygens (including phenoxy) is 3. The van der Waals surface area contributed by atoms with Gasteiger partial charge in [-0.05, 0) is 47.9 Å². The number of hydrogen-bond acceptors (Lipinski definition) is 11. The minimum atomic E-state index is -5.08. The number of aryl methyl sites for hydroxylation is 2. The largest absolute Gasteiger partial charge is 1.00 e. The predicted octanol–water partition coefficient (Wildman–Crippen LogP) is 0.918. The molecule has 5 aromatic rings. The standard InChI is InChI=1S/C28H23NO11S.Na/c1-36-19-5-4-14(8-17(19)30)24-25-16-10-18(31)21(37-2)12-20(16)39-28(32)27(25)29-7-6-13-9-23(40-41(33,34)35)22(38-3)11-15(13)26(24)29;/h4-5,8-12,30-31H,6-7H2,1-3H3,(H,33,34,35);/q;+1/p-1. The maximum atomic E-state index is 13.5. The second-order valence-electron chi connectivity index (χ2n) is 9.30. The zero-order valence-electron chi connectivity index (χ0n) is 22.9. The summed E-state index contributed by atoms with van der Waals surface area (Å²) < 4.78 is 62.0. The van der Waals surface area contributed by atoms with Crippen LogP contribution < -0.4 is 53.6 Å². The Balaban J connectivity index is 0.00000353. The van der Waals surface area contributed by atoms with E-state index < -0.39 is 16.0 Å². The topological polar surface area (TPSA) is 170 Å². The summed E-state index contributed by atoms with van der Waals surface area (Å²) in [5, 5.41) is 22.2. The number of aromatic nitrogens is 1. The van der Waals surface area contributed by atoms with Crippen molar-refractivity contribution in [2.45, 2.75) is 13.0 Å². The van der Waals surface area contributed by atoms with Gasteiger partial charge in [0.2, 0.25) is 0 Å². The van der Waals surface area contributed by atoms with E-state index in [0.717, 1.165) is 0 Å². The molecule has 1 aliphatic heterocycles. The first kappa shape index (κ1) is 29.6. The summed E-state index contributed by atoms with van der Waals surface area (Å²) in [4.78, 5) is 13.5. The Morgan fingerprint density at radius 2 is 1.60 bits per heavy atom. The molecular weight excluding hydrogens is 581 g/mol. The predicted molar refractivity (Wildman–Crippen MR) is 146 cm³/mol. The molecule has 12 nitrogen and oxygen atoms in total. The maximum absolute atomic E-state index is 13.5. The monoisotopic (exact) mass is 603 g/mol. The Morgan fingerprint density at radius 1 is 0.905 bits per heavy atom. The molecule has 3 aromatic carbocycles. The summed E-state index contributed by atoms with van der Waals surface area (Å²) in [6, 6.07) is 10.6. The molecule has 0 saturated heterocycles. The molecule has 42 heavy (non-hydrogen) atoms. The first-order valence-electron chi connectivity index (χ1n) is 12.2. The van der Waals surface area contributed by atoms with Crippen molar-refractivity contribution in [3.63, 3.8) is 0 Å². The quantitative estimate of drug-likeness (QED) is 0.122. The molecular formula is C28H22NNaO11S. The average Bonchev–Trinajstić information content (AvgIpc) is 3.28. The van der Waals surface area contributed by atoms with Gasteiger partial charge in [0.05, 0.1) is 27.0 Å². The van der Waals surface area contributed by atoms with E-state index in [1.165, 1.54) is 51.7 Å². The van der Waals surface area contributed by atoms with Gasteiger partial charge in [-0.15, -0.1) is 0 Å². The van der Waals surface area contributed by atoms with Gasteiger partial charge in [0.25, 0.3) is 10.4 Å². The van der Waals surface area contributed by atoms with Gasteiger partial charge in [-0.2, -0.15) is 0 Å². The van der Waals surface area contributed by atoms with E-state index in [4.69, 9.17) is 18.6 Å². The number of phenolic OH excluding ortho intramolecular Hbond substituents is 2. The van der Waals surface area contributed by atoms with Crippen molar-refractivity contribution in [2.24, 2.45) is 0 Å². The zero-order valence-corrected chi connectivity index (χ0v) is 25.7. The molecule has 0 atom stereocenters. The van der Waals surface area contributed by atoms with Crippen molar-refractivity contribution in [3.05, 3.63) is 58.4 Å². The molecule has 6 rings (SSSR count). The molecule has 3 heterocycles. The van der Waals surface area contributed by atoms with Gasteiger partial charge in [0.1, 0.15) is 11.1 Å². The number of nitrogens with zero attached hydrogens (tertiary/aromatic N) is 1. The van der Waals surface area contributed by atoms with Crippen LogP contribution in [0.25, 0.3) is 44.3 Å². The van der Waals surface area contributed by atoms with E-state index in [-0.39, 0.29) is 81.7 Å². The minimum absolute atomic E-state index is 0. The third-order valence-electron chi connectivity index (χ3n) is 7.12. The van der Waals surface area contributed by atoms with Crippen molar-refractivity contribution in [1.29, 1.82) is 0 Å². The van der Waals surface area contributed by atoms with E-state index in [2.05, 4.69) is 4.18 Å². The maximum Gasteiger partial charge on any atom is 1.00 e. The van der Waals surface area contributed by atoms with Crippen LogP contribution in [-0.2, 0) is 23.4 Å². The molecule has 0 bridgehead atoms. The summed E-state index contributed by atoms with van der Waals surface area (Å²) in [5.74, 6) is -0.260. The SMILES string of the molecule is COc1ccc(-c2c3n(c4c(=O)oc5cc(OC)c(O)cc5c24)CCc2cc(OS(=O)(=O)[O-])c(OC)cc2-3)cc1O.[Na+]. The van der Waals surface area contributed by atoms with Crippen molar-refractivity contribution < 1.29 is 75.6 Å². The molecule has 1 aliphatic rings. The second-order valence-corrected chi connectivity index (χ2v) is 10.3. The van der Waals surface area contributed by atoms with Gasteiger partial charge in [-0.25, -0.2) is 13.2 Å². The number of benzene rings is 3. The van der Waals surface area contributed by atoms with Crippen LogP contribution in [-0.4, -0.2) is 49.1 Å². The van der Waals surface area contributed by atoms with Crippen molar-refractivity contribution in [3.8, 4) is 56.9 Å². The van der Waals surface area contributed by atoms with E-state index in [1.54, 1.807) is 16.7 Å². The molecule has 0 unspecified atom stereocenters. The first-order valence-corrected chi connectivity index (χ1v) is 13.5. The first-order chi connectivity index (χ1) is 19.5. The normalized spacial score (nSPS) is 12.4. The van der Waals surface area contributed by atoms with E-state index in [0.29, 0.717) is 45.1 Å². The van der Waals surface area contributed by atoms with Crippen LogP contribution in [0.2, 0.25) is 0 Å². The number of methoxy groups -OCH3 is 3. The minimum Gasteiger partial charge on any atom is -0.716 e. The van der Waals surface area contributed by atoms with Gasteiger partial charge in [0.15, 0.2) is 34.5 Å². The van der Waals surface area contributed by atoms with Crippen molar-refractivity contribution in [2.75, 3.05) is 21.3 Å². The second kappa shape index (κ2) is 10.7. The molecule has 0 amide bonds. The summed E-state index contributed by atoms with van der Waals surface area (Å²) in [6.07, 6.45) is 0.337. The summed E-state index contributed by atoms with van der Waals surface area (Å²) in [5.41, 5.74) is 2.50. The van der Waals surface area contributed by atoms with E-state index in [1.807, 2.05) is 0 Å². The van der Waals surface area contributed by atoms with Gasteiger partial charge in [-0.1, -0.05) is 6.07 Å². The average molecular weight is 604 g/mol. The molecule has 2 N–H and O–H groups in total. The zero-order chi connectivity index (χ0) is 29.2. The number of hydrogen-bond donors (Lipinski definition) is 2. The fraction of sp³-hybridized carbons (Fsp3) is 0.179. The third-order valence-corrected chi connectivity index (χ3v) is 7.50. The van der Waals surface area contributed by atoms with Gasteiger partial charge < -0.3 is 42.1 Å². The number of aromatic hydroxyl groups is 2. The van der Waals surface area contributed by atoms with Crippen LogP contribution in [0.4, 0.5) is 0 Å². The Hall–Kier alpha value is -3.88. The molecule has 14 heteroatoms. The molecule has 212 valence electrons. The Kier molecular flexibility index (Phi) is 7.58. The van der Waals surface area contributed by atoms with Crippen LogP contribution >= 0.6 is 0 Å². The Morgan fingerprint density at radius 3 is 2.24 bits per heavy atom. The van der Waals surface area contributed by atoms with E-state index >= 15 is 0 Å². The smallest absolute Gasteiger partial charge is 0.716 e. The van der Waals surface area contributed by atoms with Gasteiger partial charge in [0, 0.05) is 34.5 Å². The molecule has 0 fully saturated rings. The van der Waals surface area contributed by atoms with Gasteiger partial charge >= 0.3 is 35.2 Å². The van der Waals surface area contributed by atoms with Crippen LogP contribution in [0.15, 0.2) is 51.7 Å². The molecule has 0 radical (unpaired) electrons. The van der Waals surface area contributed by atoms with Crippen LogP contribution in [0.5, 0.6) is 34.5 Å². The van der Waals surface area contributed by atoms with Crippen molar-refractivity contribution in [1.82, 2.24) is 4.57 Å². The summed E-state index contributed by atoms with van der Waals surface area (Å²) in [7, 11) is -0.990. The fourth-order valence-electron chi connectivity index (χ4n) is 5.46. The molecule has 0 spiro atoms. The summed E-state index contributed by atoms with van der Waals surface area (Å²) in [6.45, 7) is 0.273. The summed E-state index contributed by atoms with van der Waals surface area (Å²) >= 11 is 0. The number of fused-ring (bicyclic) bond motifs is 7. The van der Waals surface area contributed by atoms with Crippen LogP contribution in [0.1, 0.15) is 5.56 Å². The Labute approximate surface area is 260 Å². The van der Waals surface area contributed by atoms with Crippen LogP contribution in [0, 0.1) is 0 Å². The Bertz CT molecular complexity index is 2070. The van der Waals surface area contributed by atoms with Gasteiger partial charge in [-0.3, -0.25) is 0 Å². The molecule has 0 saturated carbocycles. The van der Waals surface area contributed by atoms with E-state index in [9.17, 15) is 28.0 Å². The third kappa shape index (κ3) is 4.72. The number of rotatable bonds is 6. The molecule has 0 aliphatic carbocycles. The number of phenols is 2. The van der Waals surface area contributed by atoms with Crippen LogP contribution in [0.3, 0.4) is 0 Å². The van der Waals surface area contributed by atoms with Crippen molar-refractivity contribution >= 4 is 32.3 Å². The molecule has 2 aromatic heterocycles. The fourth-order valence-corrected chi connectivity index (χ4v) is 5.81.